The molecule has 0 fully saturated rings. The molecule has 3 aromatic rings. The second-order valence-corrected chi connectivity index (χ2v) is 6.41. The first kappa shape index (κ1) is 14.2. The Balaban J connectivity index is 2.15. The fourth-order valence-electron chi connectivity index (χ4n) is 2.05. The standard InChI is InChI=1S/C14H12BrN3O2S/c1-3-18-11-5-4-9(15)7-12(11)21-14(18)16-13(19)10-6-8(2)20-17-10/h4-7H,3H2,1-2H3. The summed E-state index contributed by atoms with van der Waals surface area (Å²) in [5.74, 6) is 0.205. The number of hydrogen-bond acceptors (Lipinski definition) is 4. The Morgan fingerprint density at radius 3 is 2.95 bits per heavy atom. The van der Waals surface area contributed by atoms with Crippen molar-refractivity contribution >= 4 is 43.4 Å². The summed E-state index contributed by atoms with van der Waals surface area (Å²) in [6.45, 7) is 4.51. The zero-order valence-electron chi connectivity index (χ0n) is 11.5. The van der Waals surface area contributed by atoms with Gasteiger partial charge in [-0.15, -0.1) is 0 Å². The van der Waals surface area contributed by atoms with Crippen LogP contribution in [0.2, 0.25) is 0 Å². The predicted octanol–water partition coefficient (Wildman–Crippen LogP) is 3.52. The van der Waals surface area contributed by atoms with Crippen molar-refractivity contribution in [3.63, 3.8) is 0 Å². The summed E-state index contributed by atoms with van der Waals surface area (Å²) < 4.78 is 9.01. The highest BCUT2D eigenvalue weighted by Gasteiger charge is 2.12. The van der Waals surface area contributed by atoms with Gasteiger partial charge in [0.25, 0.3) is 0 Å². The minimum atomic E-state index is -0.389. The van der Waals surface area contributed by atoms with Crippen LogP contribution in [0.5, 0.6) is 0 Å². The zero-order chi connectivity index (χ0) is 15.0. The predicted molar refractivity (Wildman–Crippen MR) is 84.3 cm³/mol. The minimum absolute atomic E-state index is 0.230. The number of benzene rings is 1. The quantitative estimate of drug-likeness (QED) is 0.697. The lowest BCUT2D eigenvalue weighted by Gasteiger charge is -1.99. The first-order valence-electron chi connectivity index (χ1n) is 6.39. The van der Waals surface area contributed by atoms with Gasteiger partial charge in [-0.25, -0.2) is 0 Å². The molecule has 21 heavy (non-hydrogen) atoms. The topological polar surface area (TPSA) is 60.4 Å². The number of carbonyl (C=O) groups excluding carboxylic acids is 1. The van der Waals surface area contributed by atoms with Gasteiger partial charge in [0.15, 0.2) is 10.5 Å². The molecule has 1 amide bonds. The fourth-order valence-corrected chi connectivity index (χ4v) is 3.69. The van der Waals surface area contributed by atoms with E-state index >= 15 is 0 Å². The maximum Gasteiger partial charge on any atom is 0.301 e. The van der Waals surface area contributed by atoms with E-state index < -0.39 is 0 Å². The molecule has 0 radical (unpaired) electrons. The van der Waals surface area contributed by atoms with Crippen molar-refractivity contribution in [1.29, 1.82) is 0 Å². The molecule has 0 unspecified atom stereocenters. The molecular formula is C14H12BrN3O2S. The first-order valence-corrected chi connectivity index (χ1v) is 8.00. The molecule has 2 aromatic heterocycles. The van der Waals surface area contributed by atoms with E-state index in [1.807, 2.05) is 29.7 Å². The Bertz CT molecular complexity index is 891. The normalized spacial score (nSPS) is 12.2. The van der Waals surface area contributed by atoms with E-state index in [0.717, 1.165) is 21.2 Å². The van der Waals surface area contributed by atoms with Crippen LogP contribution in [0, 0.1) is 6.92 Å². The number of amides is 1. The molecule has 0 aliphatic rings. The molecule has 0 saturated heterocycles. The van der Waals surface area contributed by atoms with Gasteiger partial charge in [-0.3, -0.25) is 4.79 Å². The van der Waals surface area contributed by atoms with Crippen LogP contribution in [-0.2, 0) is 6.54 Å². The largest absolute Gasteiger partial charge is 0.361 e. The molecule has 0 N–H and O–H groups in total. The molecule has 0 spiro atoms. The van der Waals surface area contributed by atoms with Crippen LogP contribution in [0.4, 0.5) is 0 Å². The number of halogens is 1. The average Bonchev–Trinajstić information content (AvgIpc) is 3.01. The van der Waals surface area contributed by atoms with Crippen LogP contribution >= 0.6 is 27.3 Å². The molecule has 5 nitrogen and oxygen atoms in total. The number of thiazole rings is 1. The SMILES string of the molecule is CCn1c(=NC(=O)c2cc(C)on2)sc2cc(Br)ccc21. The Hall–Kier alpha value is -1.73. The van der Waals surface area contributed by atoms with Crippen LogP contribution < -0.4 is 4.80 Å². The highest BCUT2D eigenvalue weighted by Crippen LogP contribution is 2.22. The second kappa shape index (κ2) is 5.57. The van der Waals surface area contributed by atoms with Gasteiger partial charge >= 0.3 is 5.91 Å². The maximum atomic E-state index is 12.1. The lowest BCUT2D eigenvalue weighted by Crippen LogP contribution is -2.15. The summed E-state index contributed by atoms with van der Waals surface area (Å²) in [5.41, 5.74) is 1.29. The third kappa shape index (κ3) is 2.71. The number of hydrogen-bond donors (Lipinski definition) is 0. The molecule has 2 heterocycles. The van der Waals surface area contributed by atoms with Gasteiger partial charge in [0.2, 0.25) is 0 Å². The van der Waals surface area contributed by atoms with Crippen LogP contribution in [0.3, 0.4) is 0 Å². The Labute approximate surface area is 133 Å². The van der Waals surface area contributed by atoms with E-state index in [4.69, 9.17) is 4.52 Å². The number of aryl methyl sites for hydroxylation is 2. The Morgan fingerprint density at radius 1 is 1.48 bits per heavy atom. The first-order chi connectivity index (χ1) is 10.1. The van der Waals surface area contributed by atoms with Crippen molar-refractivity contribution in [1.82, 2.24) is 9.72 Å². The van der Waals surface area contributed by atoms with Gasteiger partial charge in [0.05, 0.1) is 10.2 Å². The van der Waals surface area contributed by atoms with Gasteiger partial charge in [-0.05, 0) is 32.0 Å². The zero-order valence-corrected chi connectivity index (χ0v) is 13.9. The third-order valence-electron chi connectivity index (χ3n) is 3.01. The highest BCUT2D eigenvalue weighted by molar-refractivity contribution is 9.10. The van der Waals surface area contributed by atoms with Crippen molar-refractivity contribution in [2.24, 2.45) is 4.99 Å². The van der Waals surface area contributed by atoms with Gasteiger partial charge < -0.3 is 9.09 Å². The van der Waals surface area contributed by atoms with E-state index in [1.165, 1.54) is 11.3 Å². The van der Waals surface area contributed by atoms with E-state index in [9.17, 15) is 4.79 Å². The average molecular weight is 366 g/mol. The summed E-state index contributed by atoms with van der Waals surface area (Å²) in [7, 11) is 0. The molecule has 1 aromatic carbocycles. The van der Waals surface area contributed by atoms with E-state index in [2.05, 4.69) is 26.1 Å². The number of fused-ring (bicyclic) bond motifs is 1. The molecule has 7 heteroatoms. The maximum absolute atomic E-state index is 12.1. The van der Waals surface area contributed by atoms with Crippen molar-refractivity contribution in [2.75, 3.05) is 0 Å². The van der Waals surface area contributed by atoms with E-state index in [1.54, 1.807) is 13.0 Å². The van der Waals surface area contributed by atoms with Crippen molar-refractivity contribution in [3.8, 4) is 0 Å². The van der Waals surface area contributed by atoms with Gasteiger partial charge in [-0.1, -0.05) is 32.4 Å². The van der Waals surface area contributed by atoms with Crippen LogP contribution in [0.1, 0.15) is 23.2 Å². The molecule has 0 aliphatic carbocycles. The van der Waals surface area contributed by atoms with Crippen molar-refractivity contribution in [2.45, 2.75) is 20.4 Å². The van der Waals surface area contributed by atoms with Gasteiger partial charge in [-0.2, -0.15) is 4.99 Å². The molecule has 0 aliphatic heterocycles. The molecular weight excluding hydrogens is 354 g/mol. The lowest BCUT2D eigenvalue weighted by molar-refractivity contribution is 0.0989. The summed E-state index contributed by atoms with van der Waals surface area (Å²) >= 11 is 4.94. The molecule has 0 saturated carbocycles. The molecule has 3 rings (SSSR count). The summed E-state index contributed by atoms with van der Waals surface area (Å²) in [4.78, 5) is 17.0. The van der Waals surface area contributed by atoms with Crippen LogP contribution in [0.25, 0.3) is 10.2 Å². The van der Waals surface area contributed by atoms with Gasteiger partial charge in [0.1, 0.15) is 5.76 Å². The Morgan fingerprint density at radius 2 is 2.29 bits per heavy atom. The number of carbonyl (C=O) groups is 1. The molecule has 0 atom stereocenters. The van der Waals surface area contributed by atoms with E-state index in [-0.39, 0.29) is 11.6 Å². The highest BCUT2D eigenvalue weighted by atomic mass is 79.9. The second-order valence-electron chi connectivity index (χ2n) is 4.48. The monoisotopic (exact) mass is 365 g/mol. The number of aromatic nitrogens is 2. The summed E-state index contributed by atoms with van der Waals surface area (Å²) in [5, 5.41) is 3.70. The van der Waals surface area contributed by atoms with E-state index in [0.29, 0.717) is 10.6 Å². The Kier molecular flexibility index (Phi) is 3.77. The third-order valence-corrected chi connectivity index (χ3v) is 4.54. The molecule has 108 valence electrons. The van der Waals surface area contributed by atoms with Crippen molar-refractivity contribution < 1.29 is 9.32 Å². The smallest absolute Gasteiger partial charge is 0.301 e. The molecule has 0 bridgehead atoms. The fraction of sp³-hybridized carbons (Fsp3) is 0.214. The van der Waals surface area contributed by atoms with Crippen LogP contribution in [-0.4, -0.2) is 15.6 Å². The summed E-state index contributed by atoms with van der Waals surface area (Å²) in [6, 6.07) is 7.61. The number of rotatable bonds is 2. The van der Waals surface area contributed by atoms with Gasteiger partial charge in [0, 0.05) is 17.1 Å². The van der Waals surface area contributed by atoms with Crippen LogP contribution in [0.15, 0.2) is 38.3 Å². The lowest BCUT2D eigenvalue weighted by atomic mass is 10.3. The number of nitrogens with zero attached hydrogens (tertiary/aromatic N) is 3. The summed E-state index contributed by atoms with van der Waals surface area (Å²) in [6.07, 6.45) is 0. The van der Waals surface area contributed by atoms with Crippen molar-refractivity contribution in [3.05, 3.63) is 45.0 Å². The minimum Gasteiger partial charge on any atom is -0.361 e.